The molecule has 284 valence electrons. The molecular formula is C42H61FN6O3. The van der Waals surface area contributed by atoms with E-state index in [1.54, 1.807) is 4.90 Å². The van der Waals surface area contributed by atoms with E-state index < -0.39 is 28.8 Å². The first-order chi connectivity index (χ1) is 24.7. The van der Waals surface area contributed by atoms with Crippen molar-refractivity contribution in [3.63, 3.8) is 0 Å². The van der Waals surface area contributed by atoms with Gasteiger partial charge < -0.3 is 29.2 Å². The third-order valence-corrected chi connectivity index (χ3v) is 11.1. The summed E-state index contributed by atoms with van der Waals surface area (Å²) in [5.41, 5.74) is -0.700. The van der Waals surface area contributed by atoms with Crippen LogP contribution in [0.4, 0.5) is 14.0 Å². The Morgan fingerprint density at radius 3 is 2.13 bits per heavy atom. The molecule has 3 saturated heterocycles. The van der Waals surface area contributed by atoms with Gasteiger partial charge in [0.05, 0.1) is 25.2 Å². The number of urea groups is 1. The lowest BCUT2D eigenvalue weighted by molar-refractivity contribution is 0.0211. The van der Waals surface area contributed by atoms with Crippen LogP contribution in [0.3, 0.4) is 0 Å². The van der Waals surface area contributed by atoms with Crippen LogP contribution in [0, 0.1) is 5.41 Å². The fourth-order valence-corrected chi connectivity index (χ4v) is 8.54. The molecule has 4 aliphatic rings. The Morgan fingerprint density at radius 2 is 1.52 bits per heavy atom. The zero-order valence-electron chi connectivity index (χ0n) is 32.4. The van der Waals surface area contributed by atoms with Crippen molar-refractivity contribution in [2.45, 2.75) is 116 Å². The zero-order chi connectivity index (χ0) is 37.1. The number of piperidine rings is 2. The van der Waals surface area contributed by atoms with Gasteiger partial charge in [-0.05, 0) is 76.1 Å². The fraction of sp³-hybridized carbons (Fsp3) is 0.643. The van der Waals surface area contributed by atoms with Crippen LogP contribution in [0.2, 0.25) is 0 Å². The van der Waals surface area contributed by atoms with Crippen molar-refractivity contribution in [1.82, 2.24) is 24.5 Å². The summed E-state index contributed by atoms with van der Waals surface area (Å²) >= 11 is 0. The second-order valence-electron chi connectivity index (χ2n) is 17.6. The number of benzene rings is 2. The number of amidine groups is 1. The van der Waals surface area contributed by atoms with Crippen LogP contribution < -0.4 is 0 Å². The molecule has 3 fully saturated rings. The first kappa shape index (κ1) is 38.1. The van der Waals surface area contributed by atoms with E-state index in [0.29, 0.717) is 32.2 Å². The summed E-state index contributed by atoms with van der Waals surface area (Å²) in [6, 6.07) is 20.4. The zero-order valence-corrected chi connectivity index (χ0v) is 32.4. The van der Waals surface area contributed by atoms with Crippen molar-refractivity contribution in [1.29, 1.82) is 0 Å². The third-order valence-electron chi connectivity index (χ3n) is 11.1. The number of amides is 3. The van der Waals surface area contributed by atoms with Crippen LogP contribution in [0.15, 0.2) is 65.7 Å². The Labute approximate surface area is 311 Å². The molecule has 1 unspecified atom stereocenters. The molecular weight excluding hydrogens is 655 g/mol. The lowest BCUT2D eigenvalue weighted by Gasteiger charge is -2.47. The molecule has 2 aromatic carbocycles. The molecule has 9 nitrogen and oxygen atoms in total. The summed E-state index contributed by atoms with van der Waals surface area (Å²) < 4.78 is 23.0. The molecule has 3 atom stereocenters. The number of halogens is 1. The maximum absolute atomic E-state index is 17.3. The summed E-state index contributed by atoms with van der Waals surface area (Å²) in [5.74, 6) is 0.812. The lowest BCUT2D eigenvalue weighted by atomic mass is 9.83. The molecule has 0 N–H and O–H groups in total. The van der Waals surface area contributed by atoms with Crippen molar-refractivity contribution in [2.24, 2.45) is 10.4 Å². The Bertz CT molecular complexity index is 1530. The maximum atomic E-state index is 17.3. The van der Waals surface area contributed by atoms with Crippen LogP contribution in [-0.2, 0) is 11.3 Å². The highest BCUT2D eigenvalue weighted by Gasteiger charge is 2.50. The second kappa shape index (κ2) is 15.7. The standard InChI is InChI=1S/C42H61FN6O3/c1-40(2,3)36(37-44-35(33-18-12-8-13-19-33)29-48(37)28-32-16-10-7-11-17-32)49(31-42(43)22-27-47(30-42)39(51)52-41(4,5)6)38(50)46-25-20-34(21-26-46)45-23-14-9-15-24-45/h7-8,10-13,16-19,34-36H,9,14-15,20-31H2,1-6H3/t35?,36-,42-/m0/s1. The molecule has 0 aromatic heterocycles. The summed E-state index contributed by atoms with van der Waals surface area (Å²) in [6.45, 7) is 16.7. The minimum atomic E-state index is -1.80. The predicted octanol–water partition coefficient (Wildman–Crippen LogP) is 7.78. The number of nitrogens with zero attached hydrogens (tertiary/aromatic N) is 6. The summed E-state index contributed by atoms with van der Waals surface area (Å²) in [6.07, 6.45) is 5.24. The number of aliphatic imine (C=N–C) groups is 1. The Kier molecular flexibility index (Phi) is 11.5. The van der Waals surface area contributed by atoms with Crippen LogP contribution in [0.5, 0.6) is 0 Å². The molecule has 0 aliphatic carbocycles. The van der Waals surface area contributed by atoms with E-state index in [1.807, 2.05) is 62.1 Å². The highest BCUT2D eigenvalue weighted by Crippen LogP contribution is 2.38. The van der Waals surface area contributed by atoms with Crippen molar-refractivity contribution >= 4 is 18.0 Å². The summed E-state index contributed by atoms with van der Waals surface area (Å²) in [5, 5.41) is 0. The third kappa shape index (κ3) is 9.28. The van der Waals surface area contributed by atoms with Crippen LogP contribution >= 0.6 is 0 Å². The van der Waals surface area contributed by atoms with Crippen molar-refractivity contribution in [3.05, 3.63) is 71.8 Å². The Balaban J connectivity index is 1.33. The van der Waals surface area contributed by atoms with Crippen molar-refractivity contribution in [2.75, 3.05) is 52.4 Å². The number of rotatable bonds is 8. The van der Waals surface area contributed by atoms with E-state index in [4.69, 9.17) is 9.73 Å². The second-order valence-corrected chi connectivity index (χ2v) is 17.6. The fourth-order valence-electron chi connectivity index (χ4n) is 8.54. The normalized spacial score (nSPS) is 24.2. The largest absolute Gasteiger partial charge is 0.444 e. The molecule has 10 heteroatoms. The molecule has 0 saturated carbocycles. The number of ether oxygens (including phenoxy) is 1. The average molecular weight is 717 g/mol. The number of carbonyl (C=O) groups is 2. The first-order valence-electron chi connectivity index (χ1n) is 19.6. The Morgan fingerprint density at radius 1 is 0.885 bits per heavy atom. The molecule has 0 bridgehead atoms. The quantitative estimate of drug-likeness (QED) is 0.279. The Hall–Kier alpha value is -3.66. The number of carbonyl (C=O) groups excluding carboxylic acids is 2. The number of hydrogen-bond donors (Lipinski definition) is 0. The van der Waals surface area contributed by atoms with Crippen LogP contribution in [0.1, 0.15) is 97.2 Å². The first-order valence-corrected chi connectivity index (χ1v) is 19.6. The highest BCUT2D eigenvalue weighted by atomic mass is 19.1. The van der Waals surface area contributed by atoms with Crippen molar-refractivity contribution < 1.29 is 18.7 Å². The van der Waals surface area contributed by atoms with Gasteiger partial charge in [-0.1, -0.05) is 87.9 Å². The topological polar surface area (TPSA) is 71.9 Å². The average Bonchev–Trinajstić information content (AvgIpc) is 3.71. The summed E-state index contributed by atoms with van der Waals surface area (Å²) in [7, 11) is 0. The van der Waals surface area contributed by atoms with Gasteiger partial charge in [-0.25, -0.2) is 14.0 Å². The van der Waals surface area contributed by atoms with Crippen molar-refractivity contribution in [3.8, 4) is 0 Å². The van der Waals surface area contributed by atoms with E-state index >= 15 is 9.18 Å². The molecule has 0 radical (unpaired) electrons. The minimum absolute atomic E-state index is 0.115. The maximum Gasteiger partial charge on any atom is 0.410 e. The molecule has 52 heavy (non-hydrogen) atoms. The van der Waals surface area contributed by atoms with Crippen LogP contribution in [-0.4, -0.2) is 118 Å². The number of hydrogen-bond acceptors (Lipinski definition) is 6. The van der Waals surface area contributed by atoms with Gasteiger partial charge in [0, 0.05) is 45.2 Å². The van der Waals surface area contributed by atoms with Gasteiger partial charge in [0.15, 0.2) is 0 Å². The van der Waals surface area contributed by atoms with Gasteiger partial charge in [-0.3, -0.25) is 4.99 Å². The summed E-state index contributed by atoms with van der Waals surface area (Å²) in [4.78, 5) is 43.7. The van der Waals surface area contributed by atoms with Gasteiger partial charge in [-0.2, -0.15) is 0 Å². The molecule has 6 rings (SSSR count). The smallest absolute Gasteiger partial charge is 0.410 e. The minimum Gasteiger partial charge on any atom is -0.444 e. The van der Waals surface area contributed by atoms with Gasteiger partial charge >= 0.3 is 12.1 Å². The molecule has 4 heterocycles. The number of alkyl halides is 1. The highest BCUT2D eigenvalue weighted by molar-refractivity contribution is 5.93. The molecule has 2 aromatic rings. The molecule has 3 amide bonds. The van der Waals surface area contributed by atoms with Gasteiger partial charge in [0.1, 0.15) is 17.1 Å². The van der Waals surface area contributed by atoms with E-state index in [0.717, 1.165) is 42.9 Å². The monoisotopic (exact) mass is 716 g/mol. The molecule has 0 spiro atoms. The van der Waals surface area contributed by atoms with Gasteiger partial charge in [0.25, 0.3) is 0 Å². The van der Waals surface area contributed by atoms with E-state index in [1.165, 1.54) is 24.2 Å². The molecule has 4 aliphatic heterocycles. The van der Waals surface area contributed by atoms with Gasteiger partial charge in [0.2, 0.25) is 0 Å². The van der Waals surface area contributed by atoms with E-state index in [-0.39, 0.29) is 38.1 Å². The van der Waals surface area contributed by atoms with Gasteiger partial charge in [-0.15, -0.1) is 0 Å². The predicted molar refractivity (Wildman–Crippen MR) is 205 cm³/mol. The van der Waals surface area contributed by atoms with E-state index in [2.05, 4.69) is 54.8 Å². The lowest BCUT2D eigenvalue weighted by Crippen LogP contribution is -2.62. The number of likely N-dealkylation sites (tertiary alicyclic amines) is 3. The van der Waals surface area contributed by atoms with Crippen LogP contribution in [0.25, 0.3) is 0 Å². The SMILES string of the molecule is CC(C)(C)OC(=O)N1CC[C@@](F)(CN(C(=O)N2CCC(N3CCCCC3)CC2)[C@@H](C2=NC(c3ccccc3)CN2Cc2ccccc2)C(C)(C)C)C1. The van der Waals surface area contributed by atoms with E-state index in [9.17, 15) is 4.79 Å².